The van der Waals surface area contributed by atoms with Gasteiger partial charge in [-0.25, -0.2) is 0 Å². The highest BCUT2D eigenvalue weighted by molar-refractivity contribution is 5.78. The summed E-state index contributed by atoms with van der Waals surface area (Å²) in [4.78, 5) is 12.0. The van der Waals surface area contributed by atoms with Crippen molar-refractivity contribution >= 4 is 5.91 Å². The van der Waals surface area contributed by atoms with Crippen LogP contribution in [0.15, 0.2) is 42.5 Å². The number of hydrogen-bond acceptors (Lipinski definition) is 4. The summed E-state index contributed by atoms with van der Waals surface area (Å²) in [5, 5.41) is 12.4. The van der Waals surface area contributed by atoms with Crippen molar-refractivity contribution in [2.45, 2.75) is 19.9 Å². The van der Waals surface area contributed by atoms with E-state index in [1.807, 2.05) is 31.2 Å². The van der Waals surface area contributed by atoms with Crippen molar-refractivity contribution < 1.29 is 19.4 Å². The molecule has 5 heteroatoms. The summed E-state index contributed by atoms with van der Waals surface area (Å²) in [5.74, 6) is 1.20. The molecule has 0 aliphatic carbocycles. The van der Waals surface area contributed by atoms with E-state index in [0.29, 0.717) is 25.3 Å². The van der Waals surface area contributed by atoms with Crippen LogP contribution in [0.2, 0.25) is 0 Å². The first-order chi connectivity index (χ1) is 11.1. The molecule has 0 radical (unpaired) electrons. The molecule has 0 saturated heterocycles. The van der Waals surface area contributed by atoms with Gasteiger partial charge in [-0.05, 0) is 42.3 Å². The molecule has 0 heterocycles. The first-order valence-corrected chi connectivity index (χ1v) is 7.46. The van der Waals surface area contributed by atoms with Gasteiger partial charge in [-0.15, -0.1) is 0 Å². The van der Waals surface area contributed by atoms with Gasteiger partial charge in [0.05, 0.1) is 20.1 Å². The molecule has 0 aliphatic heterocycles. The minimum Gasteiger partial charge on any atom is -0.504 e. The Morgan fingerprint density at radius 3 is 2.48 bits per heavy atom. The van der Waals surface area contributed by atoms with Crippen LogP contribution in [0.5, 0.6) is 17.2 Å². The molecule has 0 spiro atoms. The molecule has 0 aliphatic rings. The number of phenolic OH excluding ortho intramolecular Hbond substituents is 1. The quantitative estimate of drug-likeness (QED) is 0.824. The second-order valence-electron chi connectivity index (χ2n) is 5.04. The summed E-state index contributed by atoms with van der Waals surface area (Å²) < 4.78 is 10.4. The number of ether oxygens (including phenoxy) is 2. The number of amides is 1. The van der Waals surface area contributed by atoms with Gasteiger partial charge in [-0.1, -0.05) is 18.2 Å². The van der Waals surface area contributed by atoms with Gasteiger partial charge in [-0.2, -0.15) is 0 Å². The zero-order valence-electron chi connectivity index (χ0n) is 13.3. The zero-order valence-corrected chi connectivity index (χ0v) is 13.3. The number of rotatable bonds is 7. The number of aromatic hydroxyl groups is 1. The lowest BCUT2D eigenvalue weighted by molar-refractivity contribution is -0.120. The summed E-state index contributed by atoms with van der Waals surface area (Å²) in [6.45, 7) is 2.93. The van der Waals surface area contributed by atoms with Crippen LogP contribution in [-0.2, 0) is 17.8 Å². The summed E-state index contributed by atoms with van der Waals surface area (Å²) in [6.07, 6.45) is 0.307. The van der Waals surface area contributed by atoms with E-state index in [4.69, 9.17) is 9.47 Å². The molecule has 0 fully saturated rings. The van der Waals surface area contributed by atoms with Gasteiger partial charge in [0.2, 0.25) is 5.91 Å². The summed E-state index contributed by atoms with van der Waals surface area (Å²) >= 11 is 0. The average molecular weight is 315 g/mol. The Kier molecular flexibility index (Phi) is 5.86. The molecule has 2 aromatic carbocycles. The highest BCUT2D eigenvalue weighted by Gasteiger charge is 2.06. The van der Waals surface area contributed by atoms with Gasteiger partial charge in [0.1, 0.15) is 5.75 Å². The normalized spacial score (nSPS) is 10.2. The number of phenols is 1. The maximum absolute atomic E-state index is 12.0. The van der Waals surface area contributed by atoms with E-state index in [1.54, 1.807) is 18.2 Å². The minimum absolute atomic E-state index is 0.0683. The number of nitrogens with one attached hydrogen (secondary N) is 1. The molecule has 2 N–H and O–H groups in total. The van der Waals surface area contributed by atoms with Gasteiger partial charge in [0.15, 0.2) is 11.5 Å². The maximum atomic E-state index is 12.0. The smallest absolute Gasteiger partial charge is 0.224 e. The van der Waals surface area contributed by atoms with E-state index in [9.17, 15) is 9.90 Å². The number of carbonyl (C=O) groups excluding carboxylic acids is 1. The molecule has 0 bridgehead atoms. The molecule has 0 unspecified atom stereocenters. The van der Waals surface area contributed by atoms with Gasteiger partial charge in [0.25, 0.3) is 0 Å². The van der Waals surface area contributed by atoms with Gasteiger partial charge in [0, 0.05) is 6.54 Å². The molecule has 2 rings (SSSR count). The molecule has 1 amide bonds. The number of methoxy groups -OCH3 is 1. The second kappa shape index (κ2) is 8.08. The lowest BCUT2D eigenvalue weighted by atomic mass is 10.1. The van der Waals surface area contributed by atoms with Crippen molar-refractivity contribution in [1.29, 1.82) is 0 Å². The van der Waals surface area contributed by atoms with Crippen molar-refractivity contribution in [3.8, 4) is 17.2 Å². The number of benzene rings is 2. The highest BCUT2D eigenvalue weighted by atomic mass is 16.5. The third-order valence-corrected chi connectivity index (χ3v) is 3.33. The first-order valence-electron chi connectivity index (χ1n) is 7.46. The van der Waals surface area contributed by atoms with Crippen LogP contribution in [0.3, 0.4) is 0 Å². The van der Waals surface area contributed by atoms with Crippen LogP contribution in [0.25, 0.3) is 0 Å². The van der Waals surface area contributed by atoms with Crippen molar-refractivity contribution in [3.05, 3.63) is 53.6 Å². The highest BCUT2D eigenvalue weighted by Crippen LogP contribution is 2.26. The van der Waals surface area contributed by atoms with Gasteiger partial charge < -0.3 is 19.9 Å². The first kappa shape index (κ1) is 16.7. The summed E-state index contributed by atoms with van der Waals surface area (Å²) in [6, 6.07) is 12.5. The second-order valence-corrected chi connectivity index (χ2v) is 5.04. The Labute approximate surface area is 135 Å². The van der Waals surface area contributed by atoms with Gasteiger partial charge >= 0.3 is 0 Å². The Balaban J connectivity index is 1.87. The Morgan fingerprint density at radius 2 is 1.83 bits per heavy atom. The van der Waals surface area contributed by atoms with Crippen LogP contribution in [0.4, 0.5) is 0 Å². The fraction of sp³-hybridized carbons (Fsp3) is 0.278. The van der Waals surface area contributed by atoms with Crippen molar-refractivity contribution in [2.75, 3.05) is 13.7 Å². The van der Waals surface area contributed by atoms with E-state index in [1.165, 1.54) is 7.11 Å². The molecule has 23 heavy (non-hydrogen) atoms. The molecule has 0 atom stereocenters. The molecule has 0 aromatic heterocycles. The third kappa shape index (κ3) is 4.92. The average Bonchev–Trinajstić information content (AvgIpc) is 2.56. The van der Waals surface area contributed by atoms with Crippen LogP contribution in [0, 0.1) is 0 Å². The van der Waals surface area contributed by atoms with Crippen LogP contribution < -0.4 is 14.8 Å². The van der Waals surface area contributed by atoms with Crippen molar-refractivity contribution in [3.63, 3.8) is 0 Å². The van der Waals surface area contributed by atoms with E-state index in [2.05, 4.69) is 5.32 Å². The fourth-order valence-corrected chi connectivity index (χ4v) is 2.15. The summed E-state index contributed by atoms with van der Waals surface area (Å²) in [5.41, 5.74) is 1.79. The Morgan fingerprint density at radius 1 is 1.13 bits per heavy atom. The monoisotopic (exact) mass is 315 g/mol. The van der Waals surface area contributed by atoms with Crippen LogP contribution >= 0.6 is 0 Å². The zero-order chi connectivity index (χ0) is 16.7. The van der Waals surface area contributed by atoms with E-state index in [-0.39, 0.29) is 11.7 Å². The minimum atomic E-state index is -0.0683. The van der Waals surface area contributed by atoms with E-state index in [0.717, 1.165) is 16.9 Å². The molecule has 122 valence electrons. The van der Waals surface area contributed by atoms with Gasteiger partial charge in [-0.3, -0.25) is 4.79 Å². The predicted molar refractivity (Wildman–Crippen MR) is 87.8 cm³/mol. The Hall–Kier alpha value is -2.69. The maximum Gasteiger partial charge on any atom is 0.224 e. The number of hydrogen-bond donors (Lipinski definition) is 2. The number of carbonyl (C=O) groups is 1. The van der Waals surface area contributed by atoms with Crippen LogP contribution in [0.1, 0.15) is 18.1 Å². The van der Waals surface area contributed by atoms with E-state index < -0.39 is 0 Å². The molecule has 2 aromatic rings. The standard InChI is InChI=1S/C18H21NO4/c1-3-23-15-7-4-13(5-8-15)11-18(21)19-12-14-6-9-16(20)17(10-14)22-2/h4-10,20H,3,11-12H2,1-2H3,(H,19,21). The predicted octanol–water partition coefficient (Wildman–Crippen LogP) is 2.66. The Bertz CT molecular complexity index is 653. The third-order valence-electron chi connectivity index (χ3n) is 3.33. The van der Waals surface area contributed by atoms with Crippen LogP contribution in [-0.4, -0.2) is 24.7 Å². The SMILES string of the molecule is CCOc1ccc(CC(=O)NCc2ccc(O)c(OC)c2)cc1. The largest absolute Gasteiger partial charge is 0.504 e. The van der Waals surface area contributed by atoms with E-state index >= 15 is 0 Å². The fourth-order valence-electron chi connectivity index (χ4n) is 2.15. The van der Waals surface area contributed by atoms with Crippen molar-refractivity contribution in [1.82, 2.24) is 5.32 Å². The lowest BCUT2D eigenvalue weighted by Gasteiger charge is -2.09. The lowest BCUT2D eigenvalue weighted by Crippen LogP contribution is -2.24. The topological polar surface area (TPSA) is 67.8 Å². The molecule has 0 saturated carbocycles. The molecule has 5 nitrogen and oxygen atoms in total. The molecular formula is C18H21NO4. The van der Waals surface area contributed by atoms with Crippen molar-refractivity contribution in [2.24, 2.45) is 0 Å². The summed E-state index contributed by atoms with van der Waals surface area (Å²) in [7, 11) is 1.49. The molecular weight excluding hydrogens is 294 g/mol.